The molecule has 94 valence electrons. The van der Waals surface area contributed by atoms with Crippen LogP contribution in [0.3, 0.4) is 0 Å². The maximum absolute atomic E-state index is 13.4. The van der Waals surface area contributed by atoms with Crippen molar-refractivity contribution in [2.45, 2.75) is 6.42 Å². The van der Waals surface area contributed by atoms with Crippen LogP contribution in [-0.4, -0.2) is 19.6 Å². The summed E-state index contributed by atoms with van der Waals surface area (Å²) in [4.78, 5) is 13.9. The molecule has 0 atom stereocenters. The van der Waals surface area contributed by atoms with Crippen LogP contribution in [0.4, 0.5) is 4.39 Å². The Bertz CT molecular complexity index is 508. The molecule has 0 bridgehead atoms. The van der Waals surface area contributed by atoms with Crippen molar-refractivity contribution in [2.24, 2.45) is 5.11 Å². The van der Waals surface area contributed by atoms with Gasteiger partial charge in [0.15, 0.2) is 0 Å². The van der Waals surface area contributed by atoms with Gasteiger partial charge in [-0.2, -0.15) is 0 Å². The number of benzene rings is 1. The highest BCUT2D eigenvalue weighted by Crippen LogP contribution is 2.13. The maximum Gasteiger partial charge on any atom is 0.337 e. The van der Waals surface area contributed by atoms with Gasteiger partial charge in [-0.3, -0.25) is 0 Å². The summed E-state index contributed by atoms with van der Waals surface area (Å²) < 4.78 is 18.0. The molecule has 18 heavy (non-hydrogen) atoms. The molecule has 0 saturated heterocycles. The number of halogens is 1. The van der Waals surface area contributed by atoms with Gasteiger partial charge in [-0.25, -0.2) is 9.18 Å². The first kappa shape index (κ1) is 13.7. The molecule has 1 rings (SSSR count). The van der Waals surface area contributed by atoms with Gasteiger partial charge in [0.05, 0.1) is 12.7 Å². The Hall–Kier alpha value is -2.33. The summed E-state index contributed by atoms with van der Waals surface area (Å²) in [6.07, 6.45) is 3.72. The van der Waals surface area contributed by atoms with E-state index < -0.39 is 11.8 Å². The molecule has 0 N–H and O–H groups in total. The fraction of sp³-hybridized carbons (Fsp3) is 0.250. The molecule has 0 amide bonds. The lowest BCUT2D eigenvalue weighted by Gasteiger charge is -2.01. The molecule has 0 saturated carbocycles. The first-order valence-corrected chi connectivity index (χ1v) is 5.24. The van der Waals surface area contributed by atoms with Crippen molar-refractivity contribution in [1.29, 1.82) is 0 Å². The number of ether oxygens (including phenoxy) is 1. The first-order chi connectivity index (χ1) is 8.69. The number of azide groups is 1. The van der Waals surface area contributed by atoms with Gasteiger partial charge in [0.25, 0.3) is 0 Å². The van der Waals surface area contributed by atoms with E-state index in [1.54, 1.807) is 6.08 Å². The second-order valence-corrected chi connectivity index (χ2v) is 3.37. The van der Waals surface area contributed by atoms with Crippen molar-refractivity contribution < 1.29 is 13.9 Å². The summed E-state index contributed by atoms with van der Waals surface area (Å²) in [7, 11) is 1.26. The summed E-state index contributed by atoms with van der Waals surface area (Å²) in [5.74, 6) is -0.943. The van der Waals surface area contributed by atoms with Gasteiger partial charge < -0.3 is 4.74 Å². The Morgan fingerprint density at radius 2 is 2.39 bits per heavy atom. The van der Waals surface area contributed by atoms with Crippen LogP contribution in [-0.2, 0) is 4.74 Å². The highest BCUT2D eigenvalue weighted by Gasteiger charge is 2.07. The number of nitrogens with zero attached hydrogens (tertiary/aromatic N) is 3. The molecule has 0 heterocycles. The average Bonchev–Trinajstić information content (AvgIpc) is 2.39. The van der Waals surface area contributed by atoms with E-state index in [1.807, 2.05) is 0 Å². The van der Waals surface area contributed by atoms with E-state index in [4.69, 9.17) is 5.53 Å². The van der Waals surface area contributed by atoms with Crippen LogP contribution in [0.1, 0.15) is 22.3 Å². The zero-order valence-corrected chi connectivity index (χ0v) is 9.84. The van der Waals surface area contributed by atoms with Gasteiger partial charge in [-0.1, -0.05) is 17.3 Å². The van der Waals surface area contributed by atoms with Crippen molar-refractivity contribution in [3.05, 3.63) is 51.7 Å². The topological polar surface area (TPSA) is 75.1 Å². The quantitative estimate of drug-likeness (QED) is 0.264. The van der Waals surface area contributed by atoms with Gasteiger partial charge >= 0.3 is 5.97 Å². The highest BCUT2D eigenvalue weighted by molar-refractivity contribution is 5.90. The van der Waals surface area contributed by atoms with Crippen LogP contribution in [0, 0.1) is 5.82 Å². The number of hydrogen-bond acceptors (Lipinski definition) is 3. The molecule has 1 aromatic carbocycles. The van der Waals surface area contributed by atoms with E-state index in [1.165, 1.54) is 31.4 Å². The Labute approximate surface area is 104 Å². The highest BCUT2D eigenvalue weighted by atomic mass is 19.1. The predicted molar refractivity (Wildman–Crippen MR) is 65.4 cm³/mol. The molecule has 0 unspecified atom stereocenters. The van der Waals surface area contributed by atoms with Crippen LogP contribution in [0.25, 0.3) is 16.5 Å². The van der Waals surface area contributed by atoms with Crippen molar-refractivity contribution in [3.8, 4) is 0 Å². The molecular weight excluding hydrogens is 237 g/mol. The van der Waals surface area contributed by atoms with Crippen molar-refractivity contribution >= 4 is 12.0 Å². The molecule has 0 aliphatic carbocycles. The molecule has 0 aliphatic heterocycles. The third-order valence-corrected chi connectivity index (χ3v) is 2.17. The Kier molecular flexibility index (Phi) is 5.41. The zero-order chi connectivity index (χ0) is 13.4. The SMILES string of the molecule is COC(=O)c1ccc(F)c(C=CCCN=[N+]=[N-])c1. The Morgan fingerprint density at radius 3 is 3.06 bits per heavy atom. The lowest BCUT2D eigenvalue weighted by atomic mass is 10.1. The summed E-state index contributed by atoms with van der Waals surface area (Å²) in [6.45, 7) is 0.311. The van der Waals surface area contributed by atoms with Crippen LogP contribution in [0.15, 0.2) is 29.4 Å². The van der Waals surface area contributed by atoms with Crippen molar-refractivity contribution in [1.82, 2.24) is 0 Å². The van der Waals surface area contributed by atoms with E-state index >= 15 is 0 Å². The van der Waals surface area contributed by atoms with Gasteiger partial charge in [0.1, 0.15) is 5.82 Å². The second kappa shape index (κ2) is 7.09. The third kappa shape index (κ3) is 3.92. The molecule has 6 heteroatoms. The number of esters is 1. The van der Waals surface area contributed by atoms with Gasteiger partial charge in [-0.15, -0.1) is 0 Å². The van der Waals surface area contributed by atoms with E-state index in [0.29, 0.717) is 18.5 Å². The van der Waals surface area contributed by atoms with Gasteiger partial charge in [0.2, 0.25) is 0 Å². The largest absolute Gasteiger partial charge is 0.465 e. The molecule has 0 spiro atoms. The van der Waals surface area contributed by atoms with E-state index in [9.17, 15) is 9.18 Å². The minimum atomic E-state index is -0.515. The molecular formula is C12H12FN3O2. The monoisotopic (exact) mass is 249 g/mol. The summed E-state index contributed by atoms with van der Waals surface area (Å²) in [5.41, 5.74) is 8.65. The number of hydrogen-bond donors (Lipinski definition) is 0. The molecule has 0 fully saturated rings. The second-order valence-electron chi connectivity index (χ2n) is 3.37. The maximum atomic E-state index is 13.4. The zero-order valence-electron chi connectivity index (χ0n) is 9.84. The summed E-state index contributed by atoms with van der Waals surface area (Å²) >= 11 is 0. The van der Waals surface area contributed by atoms with Crippen LogP contribution < -0.4 is 0 Å². The first-order valence-electron chi connectivity index (χ1n) is 5.24. The molecule has 0 radical (unpaired) electrons. The Balaban J connectivity index is 2.80. The van der Waals surface area contributed by atoms with Gasteiger partial charge in [-0.05, 0) is 30.2 Å². The fourth-order valence-corrected chi connectivity index (χ4v) is 1.30. The van der Waals surface area contributed by atoms with Crippen LogP contribution in [0.5, 0.6) is 0 Å². The summed E-state index contributed by atoms with van der Waals surface area (Å²) in [5, 5.41) is 3.35. The van der Waals surface area contributed by atoms with Crippen LogP contribution in [0.2, 0.25) is 0 Å². The minimum Gasteiger partial charge on any atom is -0.465 e. The molecule has 0 aliphatic rings. The van der Waals surface area contributed by atoms with Crippen molar-refractivity contribution in [2.75, 3.05) is 13.7 Å². The lowest BCUT2D eigenvalue weighted by molar-refractivity contribution is 0.0600. The van der Waals surface area contributed by atoms with E-state index in [2.05, 4.69) is 14.8 Å². The predicted octanol–water partition coefficient (Wildman–Crippen LogP) is 3.33. The normalized spacial score (nSPS) is 10.1. The third-order valence-electron chi connectivity index (χ3n) is 2.17. The molecule has 1 aromatic rings. The van der Waals surface area contributed by atoms with Crippen LogP contribution >= 0.6 is 0 Å². The van der Waals surface area contributed by atoms with Gasteiger partial charge in [0, 0.05) is 17.0 Å². The lowest BCUT2D eigenvalue weighted by Crippen LogP contribution is -2.01. The Morgan fingerprint density at radius 1 is 1.61 bits per heavy atom. The fourth-order valence-electron chi connectivity index (χ4n) is 1.30. The minimum absolute atomic E-state index is 0.286. The number of carbonyl (C=O) groups is 1. The number of rotatable bonds is 5. The summed E-state index contributed by atoms with van der Waals surface area (Å²) in [6, 6.07) is 3.98. The number of methoxy groups -OCH3 is 1. The van der Waals surface area contributed by atoms with Crippen molar-refractivity contribution in [3.63, 3.8) is 0 Å². The average molecular weight is 249 g/mol. The van der Waals surface area contributed by atoms with E-state index in [0.717, 1.165) is 0 Å². The standard InChI is InChI=1S/C12H12FN3O2/c1-18-12(17)10-5-6-11(13)9(8-10)4-2-3-7-15-16-14/h2,4-6,8H,3,7H2,1H3. The molecule has 5 nitrogen and oxygen atoms in total. The number of carbonyl (C=O) groups excluding carboxylic acids is 1. The molecule has 0 aromatic heterocycles. The smallest absolute Gasteiger partial charge is 0.337 e. The van der Waals surface area contributed by atoms with E-state index in [-0.39, 0.29) is 5.56 Å².